The highest BCUT2D eigenvalue weighted by atomic mass is 16.5. The Morgan fingerprint density at radius 3 is 2.33 bits per heavy atom. The van der Waals surface area contributed by atoms with Gasteiger partial charge in [-0.15, -0.1) is 0 Å². The molecule has 0 amide bonds. The minimum absolute atomic E-state index is 0.240. The van der Waals surface area contributed by atoms with Crippen molar-refractivity contribution in [2.75, 3.05) is 0 Å². The van der Waals surface area contributed by atoms with E-state index in [1.165, 1.54) is 6.20 Å². The third-order valence-corrected chi connectivity index (χ3v) is 1.67. The van der Waals surface area contributed by atoms with E-state index in [0.717, 1.165) is 0 Å². The molecule has 1 aromatic rings. The summed E-state index contributed by atoms with van der Waals surface area (Å²) in [5.41, 5.74) is 0.418. The van der Waals surface area contributed by atoms with Gasteiger partial charge in [0.25, 0.3) is 0 Å². The highest BCUT2D eigenvalue weighted by Gasteiger charge is 2.18. The summed E-state index contributed by atoms with van der Waals surface area (Å²) in [6.07, 6.45) is 1.36. The van der Waals surface area contributed by atoms with E-state index in [4.69, 9.17) is 14.8 Å². The molecule has 0 atom stereocenters. The van der Waals surface area contributed by atoms with Crippen LogP contribution in [0.4, 0.5) is 0 Å². The number of aryl methyl sites for hydroxylation is 1. The zero-order chi connectivity index (χ0) is 11.6. The van der Waals surface area contributed by atoms with Crippen LogP contribution in [-0.2, 0) is 0 Å². The van der Waals surface area contributed by atoms with Crippen LogP contribution < -0.4 is 10.2 Å². The van der Waals surface area contributed by atoms with Gasteiger partial charge in [0.2, 0.25) is 0 Å². The van der Waals surface area contributed by atoms with Gasteiger partial charge >= 0.3 is 13.1 Å². The van der Waals surface area contributed by atoms with Crippen LogP contribution in [0.15, 0.2) is 6.20 Å². The molecule has 0 bridgehead atoms. The Kier molecular flexibility index (Phi) is 3.31. The normalized spacial score (nSPS) is 11.3. The summed E-state index contributed by atoms with van der Waals surface area (Å²) >= 11 is 0. The molecule has 1 rings (SSSR count). The van der Waals surface area contributed by atoms with Gasteiger partial charge in [0, 0.05) is 17.4 Å². The molecule has 0 saturated heterocycles. The van der Waals surface area contributed by atoms with E-state index in [1.54, 1.807) is 6.92 Å². The van der Waals surface area contributed by atoms with E-state index >= 15 is 0 Å². The summed E-state index contributed by atoms with van der Waals surface area (Å²) in [6.45, 7) is 7.34. The number of hydrogen-bond acceptors (Lipinski definition) is 5. The molecule has 0 aliphatic rings. The smallest absolute Gasteiger partial charge is 0.458 e. The van der Waals surface area contributed by atoms with Gasteiger partial charge in [0.05, 0.1) is 0 Å². The van der Waals surface area contributed by atoms with Crippen molar-refractivity contribution in [2.24, 2.45) is 0 Å². The van der Waals surface area contributed by atoms with Crippen molar-refractivity contribution in [3.8, 4) is 6.01 Å². The van der Waals surface area contributed by atoms with Crippen LogP contribution in [0, 0.1) is 6.92 Å². The standard InChI is InChI=1S/C9H15BN2O3/c1-6-7(10(13)14)5-11-8(12-6)15-9(2,3)4/h5,13-14H,1-4H3. The molecule has 6 heteroatoms. The fourth-order valence-corrected chi connectivity index (χ4v) is 1.03. The predicted octanol–water partition coefficient (Wildman–Crippen LogP) is -0.358. The van der Waals surface area contributed by atoms with Crippen LogP contribution >= 0.6 is 0 Å². The summed E-state index contributed by atoms with van der Waals surface area (Å²) in [4.78, 5) is 7.92. The average Bonchev–Trinajstić information content (AvgIpc) is 1.99. The van der Waals surface area contributed by atoms with Crippen molar-refractivity contribution in [1.82, 2.24) is 9.97 Å². The molecule has 0 saturated carbocycles. The quantitative estimate of drug-likeness (QED) is 0.652. The molecule has 0 aromatic carbocycles. The van der Waals surface area contributed by atoms with Crippen LogP contribution in [0.5, 0.6) is 6.01 Å². The third kappa shape index (κ3) is 3.49. The van der Waals surface area contributed by atoms with Crippen LogP contribution in [0.3, 0.4) is 0 Å². The minimum Gasteiger partial charge on any atom is -0.458 e. The van der Waals surface area contributed by atoms with E-state index in [-0.39, 0.29) is 17.1 Å². The first-order chi connectivity index (χ1) is 6.79. The van der Waals surface area contributed by atoms with Crippen molar-refractivity contribution in [2.45, 2.75) is 33.3 Å². The van der Waals surface area contributed by atoms with Gasteiger partial charge in [-0.1, -0.05) is 0 Å². The highest BCUT2D eigenvalue weighted by molar-refractivity contribution is 6.58. The number of rotatable bonds is 2. The van der Waals surface area contributed by atoms with Crippen molar-refractivity contribution in [1.29, 1.82) is 0 Å². The Morgan fingerprint density at radius 1 is 1.33 bits per heavy atom. The SMILES string of the molecule is Cc1nc(OC(C)(C)C)ncc1B(O)O. The van der Waals surface area contributed by atoms with Gasteiger partial charge in [0.1, 0.15) is 5.60 Å². The second kappa shape index (κ2) is 4.16. The molecular formula is C9H15BN2O3. The van der Waals surface area contributed by atoms with E-state index in [0.29, 0.717) is 5.69 Å². The maximum absolute atomic E-state index is 8.96. The van der Waals surface area contributed by atoms with Gasteiger partial charge in [-0.05, 0) is 27.7 Å². The summed E-state index contributed by atoms with van der Waals surface area (Å²) in [6, 6.07) is 0.240. The van der Waals surface area contributed by atoms with Crippen LogP contribution in [0.25, 0.3) is 0 Å². The average molecular weight is 210 g/mol. The zero-order valence-corrected chi connectivity index (χ0v) is 9.35. The molecule has 2 N–H and O–H groups in total. The number of nitrogens with zero attached hydrogens (tertiary/aromatic N) is 2. The van der Waals surface area contributed by atoms with Crippen LogP contribution in [0.1, 0.15) is 26.5 Å². The number of hydrogen-bond donors (Lipinski definition) is 2. The molecule has 0 fully saturated rings. The molecule has 0 aliphatic heterocycles. The van der Waals surface area contributed by atoms with E-state index in [1.807, 2.05) is 20.8 Å². The largest absolute Gasteiger partial charge is 0.491 e. The van der Waals surface area contributed by atoms with E-state index in [9.17, 15) is 0 Å². The van der Waals surface area contributed by atoms with Crippen molar-refractivity contribution in [3.05, 3.63) is 11.9 Å². The lowest BCUT2D eigenvalue weighted by Gasteiger charge is -2.19. The Labute approximate surface area is 89.3 Å². The first-order valence-corrected chi connectivity index (χ1v) is 4.68. The maximum Gasteiger partial charge on any atom is 0.491 e. The Morgan fingerprint density at radius 2 is 1.93 bits per heavy atom. The highest BCUT2D eigenvalue weighted by Crippen LogP contribution is 2.11. The summed E-state index contributed by atoms with van der Waals surface area (Å²) in [5.74, 6) is 0. The fourth-order valence-electron chi connectivity index (χ4n) is 1.03. The van der Waals surface area contributed by atoms with Gasteiger partial charge in [-0.3, -0.25) is 0 Å². The van der Waals surface area contributed by atoms with Gasteiger partial charge < -0.3 is 14.8 Å². The zero-order valence-electron chi connectivity index (χ0n) is 9.35. The maximum atomic E-state index is 8.96. The van der Waals surface area contributed by atoms with Gasteiger partial charge in [0.15, 0.2) is 0 Å². The molecule has 0 unspecified atom stereocenters. The Bertz CT molecular complexity index is 350. The molecule has 15 heavy (non-hydrogen) atoms. The topological polar surface area (TPSA) is 75.5 Å². The Balaban J connectivity index is 2.92. The first-order valence-electron chi connectivity index (χ1n) is 4.68. The van der Waals surface area contributed by atoms with E-state index < -0.39 is 7.12 Å². The number of aromatic nitrogens is 2. The van der Waals surface area contributed by atoms with Crippen molar-refractivity contribution in [3.63, 3.8) is 0 Å². The lowest BCUT2D eigenvalue weighted by Crippen LogP contribution is -2.34. The molecule has 0 radical (unpaired) electrons. The lowest BCUT2D eigenvalue weighted by molar-refractivity contribution is 0.116. The van der Waals surface area contributed by atoms with Crippen LogP contribution in [0.2, 0.25) is 0 Å². The number of ether oxygens (including phenoxy) is 1. The molecule has 0 aliphatic carbocycles. The van der Waals surface area contributed by atoms with Crippen molar-refractivity contribution >= 4 is 12.6 Å². The summed E-state index contributed by atoms with van der Waals surface area (Å²) in [5, 5.41) is 17.9. The fraction of sp³-hybridized carbons (Fsp3) is 0.556. The lowest BCUT2D eigenvalue weighted by atomic mass is 9.80. The minimum atomic E-state index is -1.55. The molecule has 1 heterocycles. The molecule has 1 aromatic heterocycles. The monoisotopic (exact) mass is 210 g/mol. The third-order valence-electron chi connectivity index (χ3n) is 1.67. The first kappa shape index (κ1) is 11.9. The van der Waals surface area contributed by atoms with E-state index in [2.05, 4.69) is 9.97 Å². The molecule has 0 spiro atoms. The van der Waals surface area contributed by atoms with Crippen LogP contribution in [-0.4, -0.2) is 32.7 Å². The van der Waals surface area contributed by atoms with Crippen molar-refractivity contribution < 1.29 is 14.8 Å². The predicted molar refractivity (Wildman–Crippen MR) is 57.0 cm³/mol. The summed E-state index contributed by atoms with van der Waals surface area (Å²) < 4.78 is 5.43. The molecule has 5 nitrogen and oxygen atoms in total. The molecule has 82 valence electrons. The summed E-state index contributed by atoms with van der Waals surface area (Å²) in [7, 11) is -1.55. The second-order valence-corrected chi connectivity index (χ2v) is 4.28. The second-order valence-electron chi connectivity index (χ2n) is 4.28. The van der Waals surface area contributed by atoms with Gasteiger partial charge in [-0.25, -0.2) is 9.97 Å². The molecular weight excluding hydrogens is 195 g/mol. The Hall–Kier alpha value is -1.14. The van der Waals surface area contributed by atoms with Gasteiger partial charge in [-0.2, -0.15) is 0 Å².